The van der Waals surface area contributed by atoms with E-state index in [1.165, 1.54) is 0 Å². The van der Waals surface area contributed by atoms with Gasteiger partial charge in [0.05, 0.1) is 0 Å². The van der Waals surface area contributed by atoms with Crippen molar-refractivity contribution in [3.8, 4) is 0 Å². The normalized spacial score (nSPS) is 13.3. The standard InChI is InChI=1S/C13H25NO2/c1-7-9-13(5,6)14-11(8-2)16-12(15)10(3)4/h11,14H,3,7-9H2,1-2,4-6H3. The maximum absolute atomic E-state index is 11.4. The third kappa shape index (κ3) is 5.91. The van der Waals surface area contributed by atoms with Crippen molar-refractivity contribution < 1.29 is 9.53 Å². The van der Waals surface area contributed by atoms with Crippen molar-refractivity contribution in [1.82, 2.24) is 5.32 Å². The topological polar surface area (TPSA) is 38.3 Å². The Labute approximate surface area is 99.3 Å². The number of hydrogen-bond acceptors (Lipinski definition) is 3. The van der Waals surface area contributed by atoms with Crippen LogP contribution in [-0.2, 0) is 9.53 Å². The van der Waals surface area contributed by atoms with Crippen LogP contribution in [0.1, 0.15) is 53.9 Å². The van der Waals surface area contributed by atoms with Gasteiger partial charge in [0.15, 0.2) is 6.23 Å². The molecule has 3 heteroatoms. The predicted octanol–water partition coefficient (Wildman–Crippen LogP) is 3.01. The summed E-state index contributed by atoms with van der Waals surface area (Å²) in [4.78, 5) is 11.4. The second-order valence-electron chi connectivity index (χ2n) is 4.86. The van der Waals surface area contributed by atoms with E-state index in [-0.39, 0.29) is 17.7 Å². The zero-order valence-corrected chi connectivity index (χ0v) is 11.2. The molecule has 0 aromatic heterocycles. The summed E-state index contributed by atoms with van der Waals surface area (Å²) in [5.41, 5.74) is 0.429. The first-order valence-electron chi connectivity index (χ1n) is 5.96. The second kappa shape index (κ2) is 6.69. The molecule has 0 aliphatic heterocycles. The maximum atomic E-state index is 11.4. The summed E-state index contributed by atoms with van der Waals surface area (Å²) in [6, 6.07) is 0. The maximum Gasteiger partial charge on any atom is 0.334 e. The van der Waals surface area contributed by atoms with E-state index in [0.29, 0.717) is 5.57 Å². The van der Waals surface area contributed by atoms with Crippen LogP contribution in [0.15, 0.2) is 12.2 Å². The molecule has 0 aliphatic rings. The third-order valence-corrected chi connectivity index (χ3v) is 2.40. The quantitative estimate of drug-likeness (QED) is 0.413. The molecular weight excluding hydrogens is 202 g/mol. The summed E-state index contributed by atoms with van der Waals surface area (Å²) in [6.07, 6.45) is 2.68. The molecular formula is C13H25NO2. The molecule has 0 radical (unpaired) electrons. The van der Waals surface area contributed by atoms with Gasteiger partial charge in [0.1, 0.15) is 0 Å². The first-order valence-corrected chi connectivity index (χ1v) is 5.96. The van der Waals surface area contributed by atoms with E-state index in [9.17, 15) is 4.79 Å². The van der Waals surface area contributed by atoms with Crippen LogP contribution in [0, 0.1) is 0 Å². The van der Waals surface area contributed by atoms with Crippen LogP contribution in [0.4, 0.5) is 0 Å². The van der Waals surface area contributed by atoms with Crippen LogP contribution in [0.5, 0.6) is 0 Å². The Morgan fingerprint density at radius 3 is 2.38 bits per heavy atom. The van der Waals surface area contributed by atoms with Gasteiger partial charge in [0, 0.05) is 11.1 Å². The van der Waals surface area contributed by atoms with Gasteiger partial charge in [0.25, 0.3) is 0 Å². The molecule has 0 aromatic rings. The molecule has 0 aromatic carbocycles. The summed E-state index contributed by atoms with van der Waals surface area (Å²) in [5, 5.41) is 3.35. The number of ether oxygens (including phenoxy) is 1. The molecule has 0 saturated carbocycles. The number of hydrogen-bond donors (Lipinski definition) is 1. The highest BCUT2D eigenvalue weighted by molar-refractivity contribution is 5.87. The lowest BCUT2D eigenvalue weighted by molar-refractivity contribution is -0.147. The van der Waals surface area contributed by atoms with Crippen molar-refractivity contribution in [3.05, 3.63) is 12.2 Å². The second-order valence-corrected chi connectivity index (χ2v) is 4.86. The number of carbonyl (C=O) groups excluding carboxylic acids is 1. The van der Waals surface area contributed by atoms with Crippen LogP contribution in [-0.4, -0.2) is 17.7 Å². The van der Waals surface area contributed by atoms with Crippen molar-refractivity contribution >= 4 is 5.97 Å². The first-order chi connectivity index (χ1) is 7.32. The fraction of sp³-hybridized carbons (Fsp3) is 0.769. The van der Waals surface area contributed by atoms with E-state index in [1.54, 1.807) is 6.92 Å². The average Bonchev–Trinajstić information content (AvgIpc) is 2.15. The molecule has 1 atom stereocenters. The summed E-state index contributed by atoms with van der Waals surface area (Å²) >= 11 is 0. The fourth-order valence-corrected chi connectivity index (χ4v) is 1.58. The van der Waals surface area contributed by atoms with Crippen LogP contribution in [0.3, 0.4) is 0 Å². The number of rotatable bonds is 7. The Bertz CT molecular complexity index is 246. The third-order valence-electron chi connectivity index (χ3n) is 2.40. The van der Waals surface area contributed by atoms with Crippen molar-refractivity contribution in [2.24, 2.45) is 0 Å². The molecule has 0 aliphatic carbocycles. The molecule has 0 amide bonds. The van der Waals surface area contributed by atoms with Crippen LogP contribution < -0.4 is 5.32 Å². The molecule has 1 unspecified atom stereocenters. The van der Waals surface area contributed by atoms with Gasteiger partial charge in [-0.3, -0.25) is 5.32 Å². The average molecular weight is 227 g/mol. The summed E-state index contributed by atoms with van der Waals surface area (Å²) in [5.74, 6) is -0.327. The van der Waals surface area contributed by atoms with E-state index in [0.717, 1.165) is 19.3 Å². The highest BCUT2D eigenvalue weighted by Gasteiger charge is 2.22. The minimum atomic E-state index is -0.327. The first kappa shape index (κ1) is 15.2. The number of carbonyl (C=O) groups is 1. The summed E-state index contributed by atoms with van der Waals surface area (Å²) in [7, 11) is 0. The van der Waals surface area contributed by atoms with Gasteiger partial charge in [-0.15, -0.1) is 0 Å². The smallest absolute Gasteiger partial charge is 0.334 e. The summed E-state index contributed by atoms with van der Waals surface area (Å²) in [6.45, 7) is 13.6. The molecule has 1 N–H and O–H groups in total. The Kier molecular flexibility index (Phi) is 6.34. The lowest BCUT2D eigenvalue weighted by atomic mass is 9.98. The van der Waals surface area contributed by atoms with E-state index in [1.807, 2.05) is 6.92 Å². The molecule has 94 valence electrons. The molecule has 16 heavy (non-hydrogen) atoms. The fourth-order valence-electron chi connectivity index (χ4n) is 1.58. The molecule has 0 saturated heterocycles. The van der Waals surface area contributed by atoms with Crippen molar-refractivity contribution in [1.29, 1.82) is 0 Å². The molecule has 0 fully saturated rings. The molecule has 3 nitrogen and oxygen atoms in total. The molecule has 0 bridgehead atoms. The number of esters is 1. The Hall–Kier alpha value is -0.830. The SMILES string of the molecule is C=C(C)C(=O)OC(CC)NC(C)(C)CCC. The highest BCUT2D eigenvalue weighted by atomic mass is 16.6. The van der Waals surface area contributed by atoms with E-state index in [4.69, 9.17) is 4.74 Å². The molecule has 0 heterocycles. The minimum absolute atomic E-state index is 0.00915. The Morgan fingerprint density at radius 1 is 1.44 bits per heavy atom. The monoisotopic (exact) mass is 227 g/mol. The van der Waals surface area contributed by atoms with Gasteiger partial charge >= 0.3 is 5.97 Å². The van der Waals surface area contributed by atoms with Gasteiger partial charge < -0.3 is 4.74 Å². The van der Waals surface area contributed by atoms with Gasteiger partial charge in [-0.2, -0.15) is 0 Å². The van der Waals surface area contributed by atoms with Crippen molar-refractivity contribution in [2.75, 3.05) is 0 Å². The van der Waals surface area contributed by atoms with Gasteiger partial charge in [-0.05, 0) is 33.6 Å². The van der Waals surface area contributed by atoms with Gasteiger partial charge in [-0.25, -0.2) is 4.79 Å². The van der Waals surface area contributed by atoms with Gasteiger partial charge in [0.2, 0.25) is 0 Å². The van der Waals surface area contributed by atoms with E-state index < -0.39 is 0 Å². The highest BCUT2D eigenvalue weighted by Crippen LogP contribution is 2.13. The Balaban J connectivity index is 4.30. The van der Waals surface area contributed by atoms with E-state index >= 15 is 0 Å². The zero-order chi connectivity index (χ0) is 12.8. The van der Waals surface area contributed by atoms with Crippen molar-refractivity contribution in [2.45, 2.75) is 65.6 Å². The largest absolute Gasteiger partial charge is 0.443 e. The number of nitrogens with one attached hydrogen (secondary N) is 1. The molecule has 0 spiro atoms. The van der Waals surface area contributed by atoms with Crippen LogP contribution >= 0.6 is 0 Å². The molecule has 0 rings (SSSR count). The van der Waals surface area contributed by atoms with Crippen molar-refractivity contribution in [3.63, 3.8) is 0 Å². The lowest BCUT2D eigenvalue weighted by Crippen LogP contribution is -2.47. The van der Waals surface area contributed by atoms with Gasteiger partial charge in [-0.1, -0.05) is 26.8 Å². The lowest BCUT2D eigenvalue weighted by Gasteiger charge is -2.31. The van der Waals surface area contributed by atoms with E-state index in [2.05, 4.69) is 32.7 Å². The zero-order valence-electron chi connectivity index (χ0n) is 11.2. The predicted molar refractivity (Wildman–Crippen MR) is 67.1 cm³/mol. The van der Waals surface area contributed by atoms with Crippen LogP contribution in [0.2, 0.25) is 0 Å². The summed E-state index contributed by atoms with van der Waals surface area (Å²) < 4.78 is 5.29. The van der Waals surface area contributed by atoms with Crippen LogP contribution in [0.25, 0.3) is 0 Å². The minimum Gasteiger partial charge on any atom is -0.443 e. The Morgan fingerprint density at radius 2 is 2.00 bits per heavy atom.